The molecule has 316 valence electrons. The summed E-state index contributed by atoms with van der Waals surface area (Å²) in [5, 5.41) is 2.57. The molecule has 1 nitrogen and oxygen atoms in total. The lowest BCUT2D eigenvalue weighted by atomic mass is 9.67. The van der Waals surface area contributed by atoms with Crippen LogP contribution in [0.1, 0.15) is 74.9 Å². The van der Waals surface area contributed by atoms with E-state index >= 15 is 0 Å². The predicted molar refractivity (Wildman–Crippen MR) is 280 cm³/mol. The Bertz CT molecular complexity index is 3300. The van der Waals surface area contributed by atoms with Gasteiger partial charge in [0.2, 0.25) is 0 Å². The number of fused-ring (bicyclic) bond motifs is 6. The van der Waals surface area contributed by atoms with Crippen LogP contribution in [0.4, 0.5) is 17.1 Å². The maximum absolute atomic E-state index is 2.51. The molecule has 65 heavy (non-hydrogen) atoms. The fourth-order valence-electron chi connectivity index (χ4n) is 10.3. The van der Waals surface area contributed by atoms with Gasteiger partial charge >= 0.3 is 0 Å². The Kier molecular flexibility index (Phi) is 9.79. The molecule has 0 amide bonds. The molecule has 9 aromatic carbocycles. The second-order valence-corrected chi connectivity index (χ2v) is 20.8. The van der Waals surface area contributed by atoms with Gasteiger partial charge in [-0.25, -0.2) is 0 Å². The quantitative estimate of drug-likeness (QED) is 0.154. The average molecular weight is 856 g/mol. The molecular formula is C63H53NS. The van der Waals surface area contributed by atoms with Gasteiger partial charge in [-0.05, 0) is 114 Å². The molecule has 0 N–H and O–H groups in total. The van der Waals surface area contributed by atoms with E-state index in [2.05, 4.69) is 259 Å². The maximum Gasteiger partial charge on any atom is 0.0714 e. The molecular weight excluding hydrogens is 803 g/mol. The number of hydrogen-bond donors (Lipinski definition) is 0. The van der Waals surface area contributed by atoms with Crippen LogP contribution in [0.5, 0.6) is 0 Å². The zero-order valence-electron chi connectivity index (χ0n) is 38.1. The van der Waals surface area contributed by atoms with Crippen molar-refractivity contribution in [1.82, 2.24) is 0 Å². The Labute approximate surface area is 388 Å². The van der Waals surface area contributed by atoms with Crippen molar-refractivity contribution < 1.29 is 0 Å². The van der Waals surface area contributed by atoms with E-state index in [-0.39, 0.29) is 10.8 Å². The number of thiophene rings is 1. The van der Waals surface area contributed by atoms with Gasteiger partial charge in [-0.15, -0.1) is 11.3 Å². The first-order valence-electron chi connectivity index (χ1n) is 22.9. The topological polar surface area (TPSA) is 3.24 Å². The summed E-state index contributed by atoms with van der Waals surface area (Å²) in [6.07, 6.45) is 0. The van der Waals surface area contributed by atoms with E-state index in [1.165, 1.54) is 86.9 Å². The summed E-state index contributed by atoms with van der Waals surface area (Å²) >= 11 is 1.86. The highest BCUT2D eigenvalue weighted by atomic mass is 32.1. The van der Waals surface area contributed by atoms with Crippen LogP contribution in [-0.4, -0.2) is 0 Å². The van der Waals surface area contributed by atoms with E-state index in [1.807, 2.05) is 11.3 Å². The lowest BCUT2D eigenvalue weighted by Crippen LogP contribution is -2.29. The summed E-state index contributed by atoms with van der Waals surface area (Å²) < 4.78 is 2.60. The van der Waals surface area contributed by atoms with Crippen LogP contribution < -0.4 is 4.90 Å². The van der Waals surface area contributed by atoms with Crippen LogP contribution in [-0.2, 0) is 16.2 Å². The standard InChI is InChI=1S/C63H53NS/c1-61(2,3)45-28-32-47(33-29-45)63(48-34-30-46(31-35-48)62(4,5)6)56-21-13-10-19-52(56)53-38-36-50(41-57(53)63)64(49-37-39-60-55(40-49)54-20-12-15-23-59(54)65-60)58-22-14-11-18-51(58)44-26-24-43(25-27-44)42-16-8-7-9-17-42/h7-41H,1-6H3. The summed E-state index contributed by atoms with van der Waals surface area (Å²) in [7, 11) is 0. The molecule has 2 heteroatoms. The van der Waals surface area contributed by atoms with Crippen LogP contribution in [0.2, 0.25) is 0 Å². The van der Waals surface area contributed by atoms with Crippen LogP contribution in [0.15, 0.2) is 212 Å². The largest absolute Gasteiger partial charge is 0.310 e. The molecule has 0 saturated carbocycles. The first-order valence-corrected chi connectivity index (χ1v) is 23.7. The van der Waals surface area contributed by atoms with Crippen molar-refractivity contribution in [3.63, 3.8) is 0 Å². The molecule has 0 atom stereocenters. The normalized spacial score (nSPS) is 13.2. The number of hydrogen-bond acceptors (Lipinski definition) is 2. The Morgan fingerprint density at radius 1 is 0.369 bits per heavy atom. The van der Waals surface area contributed by atoms with E-state index < -0.39 is 5.41 Å². The Morgan fingerprint density at radius 2 is 0.877 bits per heavy atom. The highest BCUT2D eigenvalue weighted by Crippen LogP contribution is 2.58. The van der Waals surface area contributed by atoms with Gasteiger partial charge in [0.25, 0.3) is 0 Å². The first kappa shape index (κ1) is 40.8. The third-order valence-corrected chi connectivity index (χ3v) is 14.9. The highest BCUT2D eigenvalue weighted by molar-refractivity contribution is 7.25. The van der Waals surface area contributed by atoms with E-state index in [9.17, 15) is 0 Å². The molecule has 0 radical (unpaired) electrons. The lowest BCUT2D eigenvalue weighted by Gasteiger charge is -2.36. The molecule has 1 heterocycles. The van der Waals surface area contributed by atoms with Crippen LogP contribution in [0.3, 0.4) is 0 Å². The third-order valence-electron chi connectivity index (χ3n) is 13.7. The lowest BCUT2D eigenvalue weighted by molar-refractivity contribution is 0.588. The zero-order chi connectivity index (χ0) is 44.5. The van der Waals surface area contributed by atoms with Gasteiger partial charge in [-0.3, -0.25) is 0 Å². The summed E-state index contributed by atoms with van der Waals surface area (Å²) in [5.41, 5.74) is 18.0. The Balaban J connectivity index is 1.17. The third kappa shape index (κ3) is 6.91. The van der Waals surface area contributed by atoms with Crippen molar-refractivity contribution in [2.24, 2.45) is 0 Å². The number of para-hydroxylation sites is 1. The van der Waals surface area contributed by atoms with Crippen molar-refractivity contribution in [2.45, 2.75) is 57.8 Å². The Morgan fingerprint density at radius 3 is 1.55 bits per heavy atom. The van der Waals surface area contributed by atoms with E-state index in [1.54, 1.807) is 0 Å². The fourth-order valence-corrected chi connectivity index (χ4v) is 11.4. The number of rotatable bonds is 7. The molecule has 0 fully saturated rings. The summed E-state index contributed by atoms with van der Waals surface area (Å²) in [5.74, 6) is 0. The van der Waals surface area contributed by atoms with Crippen LogP contribution >= 0.6 is 11.3 Å². The molecule has 10 aromatic rings. The number of anilines is 3. The van der Waals surface area contributed by atoms with Crippen LogP contribution in [0, 0.1) is 0 Å². The minimum Gasteiger partial charge on any atom is -0.310 e. The van der Waals surface area contributed by atoms with E-state index in [0.717, 1.165) is 17.1 Å². The second-order valence-electron chi connectivity index (χ2n) is 19.8. The molecule has 0 bridgehead atoms. The average Bonchev–Trinajstić information content (AvgIpc) is 3.85. The van der Waals surface area contributed by atoms with Gasteiger partial charge in [-0.1, -0.05) is 211 Å². The van der Waals surface area contributed by atoms with Gasteiger partial charge in [0.05, 0.1) is 11.1 Å². The van der Waals surface area contributed by atoms with Crippen molar-refractivity contribution in [1.29, 1.82) is 0 Å². The molecule has 11 rings (SSSR count). The fraction of sp³-hybridized carbons (Fsp3) is 0.143. The predicted octanol–water partition coefficient (Wildman–Crippen LogP) is 17.8. The van der Waals surface area contributed by atoms with Crippen molar-refractivity contribution >= 4 is 48.6 Å². The maximum atomic E-state index is 2.51. The molecule has 1 aliphatic carbocycles. The monoisotopic (exact) mass is 855 g/mol. The minimum absolute atomic E-state index is 0.0311. The molecule has 0 spiro atoms. The van der Waals surface area contributed by atoms with Gasteiger partial charge in [0.1, 0.15) is 0 Å². The van der Waals surface area contributed by atoms with Gasteiger partial charge < -0.3 is 4.90 Å². The van der Waals surface area contributed by atoms with Gasteiger partial charge in [-0.2, -0.15) is 0 Å². The summed E-state index contributed by atoms with van der Waals surface area (Å²) in [4.78, 5) is 2.51. The van der Waals surface area contributed by atoms with Crippen molar-refractivity contribution in [3.05, 3.63) is 246 Å². The van der Waals surface area contributed by atoms with Gasteiger partial charge in [0, 0.05) is 37.1 Å². The smallest absolute Gasteiger partial charge is 0.0714 e. The molecule has 1 aromatic heterocycles. The summed E-state index contributed by atoms with van der Waals surface area (Å²) in [6.45, 7) is 13.8. The van der Waals surface area contributed by atoms with Crippen molar-refractivity contribution in [2.75, 3.05) is 4.90 Å². The highest BCUT2D eigenvalue weighted by Gasteiger charge is 2.46. The van der Waals surface area contributed by atoms with Crippen LogP contribution in [0.25, 0.3) is 53.6 Å². The molecule has 0 unspecified atom stereocenters. The SMILES string of the molecule is CC(C)(C)c1ccc(C2(c3ccc(C(C)(C)C)cc3)c3ccccc3-c3ccc(N(c4ccc5sc6ccccc6c5c4)c4ccccc4-c4ccc(-c5ccccc5)cc4)cc32)cc1. The number of nitrogens with zero attached hydrogens (tertiary/aromatic N) is 1. The molecule has 0 aliphatic heterocycles. The zero-order valence-corrected chi connectivity index (χ0v) is 38.9. The van der Waals surface area contributed by atoms with Gasteiger partial charge in [0.15, 0.2) is 0 Å². The summed E-state index contributed by atoms with van der Waals surface area (Å²) in [6, 6.07) is 79.9. The van der Waals surface area contributed by atoms with E-state index in [4.69, 9.17) is 0 Å². The Hall–Kier alpha value is -7.00. The minimum atomic E-state index is -0.569. The molecule has 1 aliphatic rings. The molecule has 0 saturated heterocycles. The number of benzene rings is 9. The van der Waals surface area contributed by atoms with E-state index in [0.29, 0.717) is 0 Å². The van der Waals surface area contributed by atoms with Crippen molar-refractivity contribution in [3.8, 4) is 33.4 Å². The second kappa shape index (κ2) is 15.6. The first-order chi connectivity index (χ1) is 31.5.